The number of hydrogen-bond donors (Lipinski definition) is 0. The number of benzene rings is 2. The van der Waals surface area contributed by atoms with Crippen LogP contribution in [0.3, 0.4) is 0 Å². The Labute approximate surface area is 275 Å². The molecule has 0 saturated carbocycles. The molecule has 6 rings (SSSR count). The Morgan fingerprint density at radius 3 is 2.51 bits per heavy atom. The summed E-state index contributed by atoms with van der Waals surface area (Å²) in [5, 5.41) is 14.0. The number of methoxy groups -OCH3 is 2. The van der Waals surface area contributed by atoms with Crippen LogP contribution in [0.1, 0.15) is 12.8 Å². The van der Waals surface area contributed by atoms with Gasteiger partial charge in [-0.15, -0.1) is 15.3 Å². The molecule has 1 saturated heterocycles. The highest BCUT2D eigenvalue weighted by atomic mass is 32.2. The summed E-state index contributed by atoms with van der Waals surface area (Å²) in [7, 11) is 9.04. The van der Waals surface area contributed by atoms with Crippen LogP contribution < -0.4 is 19.8 Å². The van der Waals surface area contributed by atoms with Gasteiger partial charge in [0.2, 0.25) is 17.2 Å². The number of likely N-dealkylation sites (N-methyl/N-ethyl adjacent to an activating group) is 1. The van der Waals surface area contributed by atoms with E-state index in [2.05, 4.69) is 22.1 Å². The highest BCUT2D eigenvalue weighted by molar-refractivity contribution is 7.98. The Morgan fingerprint density at radius 2 is 1.81 bits per heavy atom. The summed E-state index contributed by atoms with van der Waals surface area (Å²) in [5.41, 5.74) is 1.88. The molecule has 0 N–H and O–H groups in total. The zero-order valence-corrected chi connectivity index (χ0v) is 28.2. The summed E-state index contributed by atoms with van der Waals surface area (Å²) in [6.45, 7) is 6.15. The Bertz CT molecular complexity index is 1950. The zero-order valence-electron chi connectivity index (χ0n) is 27.4. The molecule has 47 heavy (non-hydrogen) atoms. The molecule has 0 spiro atoms. The van der Waals surface area contributed by atoms with Gasteiger partial charge in [0.15, 0.2) is 22.5 Å². The minimum Gasteiger partial charge on any atom is -0.493 e. The second-order valence-electron chi connectivity index (χ2n) is 11.6. The Hall–Kier alpha value is -4.47. The van der Waals surface area contributed by atoms with E-state index in [1.54, 1.807) is 43.3 Å². The molecule has 248 valence electrons. The van der Waals surface area contributed by atoms with Gasteiger partial charge in [0.05, 0.1) is 43.4 Å². The highest BCUT2D eigenvalue weighted by Gasteiger charge is 2.23. The first-order valence-electron chi connectivity index (χ1n) is 15.3. The van der Waals surface area contributed by atoms with Gasteiger partial charge < -0.3 is 28.3 Å². The quantitative estimate of drug-likeness (QED) is 0.190. The van der Waals surface area contributed by atoms with Crippen molar-refractivity contribution in [2.24, 2.45) is 0 Å². The van der Waals surface area contributed by atoms with Gasteiger partial charge in [0, 0.05) is 49.9 Å². The number of fused-ring (bicyclic) bond motifs is 1. The summed E-state index contributed by atoms with van der Waals surface area (Å²) in [5.74, 6) is 2.07. The van der Waals surface area contributed by atoms with Crippen LogP contribution in [0.5, 0.6) is 11.5 Å². The zero-order chi connectivity index (χ0) is 33.2. The van der Waals surface area contributed by atoms with Gasteiger partial charge in [-0.1, -0.05) is 11.8 Å². The van der Waals surface area contributed by atoms with E-state index in [9.17, 15) is 4.79 Å². The maximum Gasteiger partial charge on any atom is 0.247 e. The van der Waals surface area contributed by atoms with Crippen LogP contribution in [0, 0.1) is 5.82 Å². The lowest BCUT2D eigenvalue weighted by atomic mass is 10.1. The van der Waals surface area contributed by atoms with E-state index >= 15 is 4.39 Å². The monoisotopic (exact) mass is 663 g/mol. The van der Waals surface area contributed by atoms with E-state index in [-0.39, 0.29) is 11.3 Å². The number of pyridine rings is 1. The number of aromatic nitrogens is 6. The van der Waals surface area contributed by atoms with Crippen molar-refractivity contribution in [3.8, 4) is 34.3 Å². The van der Waals surface area contributed by atoms with Gasteiger partial charge in [-0.05, 0) is 58.4 Å². The molecular formula is C32H38FN9O4S. The molecule has 0 radical (unpaired) electrons. The normalized spacial score (nSPS) is 14.0. The van der Waals surface area contributed by atoms with Crippen molar-refractivity contribution in [2.75, 3.05) is 66.4 Å². The summed E-state index contributed by atoms with van der Waals surface area (Å²) in [6, 6.07) is 8.52. The van der Waals surface area contributed by atoms with Gasteiger partial charge in [0.25, 0.3) is 0 Å². The lowest BCUT2D eigenvalue weighted by Crippen LogP contribution is -2.44. The molecule has 2 aromatic carbocycles. The molecule has 0 unspecified atom stereocenters. The van der Waals surface area contributed by atoms with Crippen molar-refractivity contribution in [1.29, 1.82) is 0 Å². The van der Waals surface area contributed by atoms with Crippen LogP contribution in [0.2, 0.25) is 0 Å². The first kappa shape index (κ1) is 32.5. The minimum atomic E-state index is -0.409. The fourth-order valence-electron chi connectivity index (χ4n) is 5.54. The molecule has 1 aliphatic heterocycles. The number of ether oxygens (including phenoxy) is 2. The predicted molar refractivity (Wildman–Crippen MR) is 179 cm³/mol. The largest absolute Gasteiger partial charge is 0.493 e. The third-order valence-corrected chi connectivity index (χ3v) is 9.00. The number of nitrogens with zero attached hydrogens (tertiary/aromatic N) is 9. The standard InChI is InChI=1S/C32H38FN9O4S/c1-7-40-17-22(29(43)21-15-23(33)25(16-24(21)40)41-12-10-39(4)11-13-41)30-34-32(42(37-30)19-38(2)3)47-18-28-35-36-31(46-28)20-8-9-26(44-5)27(14-20)45-6/h8-9,14-17H,7,10-13,18-19H2,1-6H3. The topological polar surface area (TPSA) is 120 Å². The maximum absolute atomic E-state index is 15.5. The third kappa shape index (κ3) is 6.68. The van der Waals surface area contributed by atoms with Crippen molar-refractivity contribution in [3.05, 3.63) is 58.5 Å². The summed E-state index contributed by atoms with van der Waals surface area (Å²) >= 11 is 1.36. The van der Waals surface area contributed by atoms with Crippen molar-refractivity contribution in [1.82, 2.24) is 39.3 Å². The highest BCUT2D eigenvalue weighted by Crippen LogP contribution is 2.33. The second-order valence-corrected chi connectivity index (χ2v) is 12.5. The van der Waals surface area contributed by atoms with Crippen molar-refractivity contribution in [2.45, 2.75) is 31.0 Å². The number of anilines is 1. The Balaban J connectivity index is 1.30. The third-order valence-electron chi connectivity index (χ3n) is 8.05. The van der Waals surface area contributed by atoms with E-state index < -0.39 is 5.82 Å². The average Bonchev–Trinajstić information content (AvgIpc) is 3.71. The van der Waals surface area contributed by atoms with E-state index in [1.165, 1.54) is 17.8 Å². The number of rotatable bonds is 11. The van der Waals surface area contributed by atoms with E-state index in [0.717, 1.165) is 26.2 Å². The molecule has 15 heteroatoms. The number of halogens is 1. The molecule has 3 aromatic heterocycles. The molecule has 13 nitrogen and oxygen atoms in total. The molecule has 5 aromatic rings. The summed E-state index contributed by atoms with van der Waals surface area (Å²) < 4.78 is 35.9. The van der Waals surface area contributed by atoms with E-state index in [4.69, 9.17) is 24.0 Å². The van der Waals surface area contributed by atoms with Crippen LogP contribution >= 0.6 is 11.8 Å². The van der Waals surface area contributed by atoms with Gasteiger partial charge in [-0.25, -0.2) is 14.1 Å². The maximum atomic E-state index is 15.5. The molecule has 4 heterocycles. The number of thioether (sulfide) groups is 1. The van der Waals surface area contributed by atoms with Crippen LogP contribution in [-0.2, 0) is 19.0 Å². The summed E-state index contributed by atoms with van der Waals surface area (Å²) in [4.78, 5) is 24.8. The Morgan fingerprint density at radius 1 is 1.04 bits per heavy atom. The Kier molecular flexibility index (Phi) is 9.47. The van der Waals surface area contributed by atoms with Crippen LogP contribution in [0.4, 0.5) is 10.1 Å². The molecular weight excluding hydrogens is 625 g/mol. The predicted octanol–water partition coefficient (Wildman–Crippen LogP) is 4.05. The van der Waals surface area contributed by atoms with Crippen LogP contribution in [-0.4, -0.2) is 101 Å². The SMILES string of the molecule is CCn1cc(-c2nc(SCc3nnc(-c4ccc(OC)c(OC)c4)o3)n(CN(C)C)n2)c(=O)c2cc(F)c(N3CCN(C)CC3)cc21. The van der Waals surface area contributed by atoms with E-state index in [0.29, 0.717) is 75.1 Å². The number of hydrogen-bond acceptors (Lipinski definition) is 12. The van der Waals surface area contributed by atoms with Gasteiger partial charge >= 0.3 is 0 Å². The van der Waals surface area contributed by atoms with Crippen molar-refractivity contribution < 1.29 is 18.3 Å². The molecule has 0 amide bonds. The molecule has 1 fully saturated rings. The fraction of sp³-hybridized carbons (Fsp3) is 0.406. The van der Waals surface area contributed by atoms with Crippen molar-refractivity contribution >= 4 is 28.4 Å². The van der Waals surface area contributed by atoms with Gasteiger partial charge in [0.1, 0.15) is 5.82 Å². The lowest BCUT2D eigenvalue weighted by molar-refractivity contribution is 0.292. The molecule has 0 atom stereocenters. The van der Waals surface area contributed by atoms with Gasteiger partial charge in [-0.2, -0.15) is 0 Å². The molecule has 0 bridgehead atoms. The van der Waals surface area contributed by atoms with Gasteiger partial charge in [-0.3, -0.25) is 9.69 Å². The first-order valence-corrected chi connectivity index (χ1v) is 16.2. The van der Waals surface area contributed by atoms with E-state index in [1.807, 2.05) is 41.5 Å². The number of piperazine rings is 1. The number of aryl methyl sites for hydroxylation is 1. The summed E-state index contributed by atoms with van der Waals surface area (Å²) in [6.07, 6.45) is 1.77. The molecule has 1 aliphatic rings. The van der Waals surface area contributed by atoms with Crippen molar-refractivity contribution in [3.63, 3.8) is 0 Å². The first-order chi connectivity index (χ1) is 22.7. The lowest BCUT2D eigenvalue weighted by Gasteiger charge is -2.34. The minimum absolute atomic E-state index is 0.267. The fourth-order valence-corrected chi connectivity index (χ4v) is 6.31. The second kappa shape index (κ2) is 13.7. The van der Waals surface area contributed by atoms with Crippen LogP contribution in [0.15, 0.2) is 50.9 Å². The van der Waals surface area contributed by atoms with Crippen LogP contribution in [0.25, 0.3) is 33.7 Å². The smallest absolute Gasteiger partial charge is 0.247 e. The average molecular weight is 664 g/mol. The molecule has 0 aliphatic carbocycles.